The number of nitrogens with one attached hydrogen (secondary N) is 2. The Balaban J connectivity index is 1.69. The smallest absolute Gasteiger partial charge is 0.407 e. The van der Waals surface area contributed by atoms with E-state index < -0.39 is 19.2 Å². The number of ether oxygens (including phenoxy) is 1. The number of carbonyl (C=O) groups excluding carboxylic acids is 2. The van der Waals surface area contributed by atoms with Gasteiger partial charge in [0.05, 0.1) is 0 Å². The second-order valence-electron chi connectivity index (χ2n) is 10.1. The summed E-state index contributed by atoms with van der Waals surface area (Å²) in [4.78, 5) is 35.2. The molecule has 0 saturated heterocycles. The van der Waals surface area contributed by atoms with Gasteiger partial charge in [0, 0.05) is 25.7 Å². The number of aliphatic hydroxyl groups excluding tert-OH is 1. The predicted octanol–water partition coefficient (Wildman–Crippen LogP) is 5.08. The highest BCUT2D eigenvalue weighted by Gasteiger charge is 2.36. The zero-order valence-corrected chi connectivity index (χ0v) is 23.4. The van der Waals surface area contributed by atoms with Crippen molar-refractivity contribution in [3.05, 3.63) is 71.8 Å². The molecule has 1 unspecified atom stereocenters. The van der Waals surface area contributed by atoms with E-state index in [1.54, 1.807) is 0 Å². The second kappa shape index (κ2) is 17.0. The molecular weight excluding hydrogens is 503 g/mol. The fraction of sp³-hybridized carbons (Fsp3) is 0.517. The Kier molecular flexibility index (Phi) is 14.1. The van der Waals surface area contributed by atoms with Gasteiger partial charge in [-0.1, -0.05) is 87.4 Å². The molecule has 3 atom stereocenters. The van der Waals surface area contributed by atoms with E-state index in [0.717, 1.165) is 30.4 Å². The largest absolute Gasteiger partial charge is 0.445 e. The average Bonchev–Trinajstić information content (AvgIpc) is 2.91. The van der Waals surface area contributed by atoms with E-state index in [0.29, 0.717) is 19.4 Å². The van der Waals surface area contributed by atoms with Crippen LogP contribution in [0.2, 0.25) is 0 Å². The first-order valence-electron chi connectivity index (χ1n) is 13.4. The lowest BCUT2D eigenvalue weighted by atomic mass is 10.0. The fourth-order valence-corrected chi connectivity index (χ4v) is 6.84. The number of unbranched alkanes of at least 4 members (excludes halogenated alkanes) is 2. The predicted molar refractivity (Wildman–Crippen MR) is 150 cm³/mol. The fourth-order valence-electron chi connectivity index (χ4n) is 4.30. The maximum atomic E-state index is 13.3. The standard InChI is InChI=1S/C29H43N2O6P/c1-23(2)28(31-27(33)18-17-24-12-6-3-7-13-24)38(35,36)22-26(20-32)16-10-5-11-19-30-29(34)37-21-25-14-8-4-9-15-25/h3-4,6-9,12-15,23,26,28,32H,5,10-11,16-22H2,1-2H3,(H,30,34)(H,31,33)(H,35,36)/t26-,28+/m0/s1. The maximum absolute atomic E-state index is 13.3. The van der Waals surface area contributed by atoms with Gasteiger partial charge in [-0.15, -0.1) is 0 Å². The minimum Gasteiger partial charge on any atom is -0.445 e. The number of carbonyl (C=O) groups is 2. The molecule has 0 radical (unpaired) electrons. The van der Waals surface area contributed by atoms with Gasteiger partial charge in [0.1, 0.15) is 12.4 Å². The lowest BCUT2D eigenvalue weighted by Crippen LogP contribution is -2.39. The maximum Gasteiger partial charge on any atom is 0.407 e. The number of aryl methyl sites for hydroxylation is 1. The molecule has 38 heavy (non-hydrogen) atoms. The number of alkyl carbamates (subject to hydrolysis) is 1. The molecule has 210 valence electrons. The molecule has 2 aromatic carbocycles. The van der Waals surface area contributed by atoms with Crippen LogP contribution in [-0.2, 0) is 27.1 Å². The summed E-state index contributed by atoms with van der Waals surface area (Å²) < 4.78 is 18.5. The highest BCUT2D eigenvalue weighted by molar-refractivity contribution is 7.58. The van der Waals surface area contributed by atoms with Crippen LogP contribution >= 0.6 is 7.37 Å². The summed E-state index contributed by atoms with van der Waals surface area (Å²) in [5.41, 5.74) is 1.96. The van der Waals surface area contributed by atoms with Crippen LogP contribution in [0.5, 0.6) is 0 Å². The molecule has 2 amide bonds. The molecule has 0 aliphatic heterocycles. The topological polar surface area (TPSA) is 125 Å². The van der Waals surface area contributed by atoms with Crippen molar-refractivity contribution in [2.24, 2.45) is 11.8 Å². The Morgan fingerprint density at radius 1 is 0.947 bits per heavy atom. The van der Waals surface area contributed by atoms with E-state index in [-0.39, 0.29) is 43.5 Å². The Hall–Kier alpha value is -2.67. The van der Waals surface area contributed by atoms with Crippen LogP contribution in [0.3, 0.4) is 0 Å². The highest BCUT2D eigenvalue weighted by Crippen LogP contribution is 2.50. The minimum absolute atomic E-state index is 0.0463. The molecule has 0 bridgehead atoms. The lowest BCUT2D eigenvalue weighted by molar-refractivity contribution is -0.121. The summed E-state index contributed by atoms with van der Waals surface area (Å²) in [6, 6.07) is 19.1. The van der Waals surface area contributed by atoms with Crippen molar-refractivity contribution in [2.45, 2.75) is 64.8 Å². The van der Waals surface area contributed by atoms with Gasteiger partial charge in [0.15, 0.2) is 0 Å². The van der Waals surface area contributed by atoms with Gasteiger partial charge in [0.25, 0.3) is 0 Å². The zero-order chi connectivity index (χ0) is 27.8. The molecule has 0 aliphatic carbocycles. The van der Waals surface area contributed by atoms with Gasteiger partial charge < -0.3 is 25.4 Å². The van der Waals surface area contributed by atoms with Gasteiger partial charge in [0.2, 0.25) is 13.3 Å². The first kappa shape index (κ1) is 31.5. The Morgan fingerprint density at radius 2 is 1.58 bits per heavy atom. The Labute approximate surface area is 226 Å². The minimum atomic E-state index is -3.75. The van der Waals surface area contributed by atoms with Crippen molar-refractivity contribution in [1.29, 1.82) is 0 Å². The van der Waals surface area contributed by atoms with Gasteiger partial charge in [-0.05, 0) is 42.2 Å². The van der Waals surface area contributed by atoms with Gasteiger partial charge in [-0.25, -0.2) is 4.79 Å². The molecular formula is C29H43N2O6P. The first-order valence-corrected chi connectivity index (χ1v) is 15.3. The highest BCUT2D eigenvalue weighted by atomic mass is 31.2. The third kappa shape index (κ3) is 12.2. The van der Waals surface area contributed by atoms with Gasteiger partial charge >= 0.3 is 6.09 Å². The summed E-state index contributed by atoms with van der Waals surface area (Å²) in [7, 11) is -3.75. The van der Waals surface area contributed by atoms with E-state index in [2.05, 4.69) is 10.6 Å². The molecule has 8 nitrogen and oxygen atoms in total. The summed E-state index contributed by atoms with van der Waals surface area (Å²) in [5, 5.41) is 15.3. The Bertz CT molecular complexity index is 1000. The second-order valence-corrected chi connectivity index (χ2v) is 12.5. The van der Waals surface area contributed by atoms with Crippen LogP contribution in [0, 0.1) is 11.8 Å². The van der Waals surface area contributed by atoms with Crippen LogP contribution in [0.1, 0.15) is 57.1 Å². The van der Waals surface area contributed by atoms with E-state index >= 15 is 0 Å². The van der Waals surface area contributed by atoms with Crippen LogP contribution in [-0.4, -0.2) is 47.1 Å². The van der Waals surface area contributed by atoms with E-state index in [4.69, 9.17) is 4.74 Å². The molecule has 0 aliphatic rings. The number of amides is 2. The SMILES string of the molecule is CC(C)[C@H](NC(=O)CCc1ccccc1)P(=O)(O)C[C@H](CO)CCCCCNC(=O)OCc1ccccc1. The number of hydrogen-bond donors (Lipinski definition) is 4. The summed E-state index contributed by atoms with van der Waals surface area (Å²) in [5.74, 6) is -1.67. The van der Waals surface area contributed by atoms with Crippen molar-refractivity contribution >= 4 is 19.4 Å². The number of aliphatic hydroxyl groups is 1. The average molecular weight is 547 g/mol. The summed E-state index contributed by atoms with van der Waals surface area (Å²) in [6.07, 6.45) is 3.17. The molecule has 9 heteroatoms. The molecule has 2 rings (SSSR count). The third-order valence-electron chi connectivity index (χ3n) is 6.41. The molecule has 0 aromatic heterocycles. The molecule has 4 N–H and O–H groups in total. The number of hydrogen-bond acceptors (Lipinski definition) is 5. The van der Waals surface area contributed by atoms with Crippen LogP contribution in [0.4, 0.5) is 4.79 Å². The van der Waals surface area contributed by atoms with E-state index in [1.165, 1.54) is 0 Å². The van der Waals surface area contributed by atoms with E-state index in [1.807, 2.05) is 74.5 Å². The van der Waals surface area contributed by atoms with Crippen LogP contribution < -0.4 is 10.6 Å². The van der Waals surface area contributed by atoms with Crippen LogP contribution in [0.15, 0.2) is 60.7 Å². The molecule has 0 fully saturated rings. The van der Waals surface area contributed by atoms with Gasteiger partial charge in [-0.3, -0.25) is 9.36 Å². The summed E-state index contributed by atoms with van der Waals surface area (Å²) in [6.45, 7) is 4.13. The first-order chi connectivity index (χ1) is 18.2. The van der Waals surface area contributed by atoms with Crippen molar-refractivity contribution in [2.75, 3.05) is 19.3 Å². The lowest BCUT2D eigenvalue weighted by Gasteiger charge is -2.29. The number of rotatable bonds is 17. The van der Waals surface area contributed by atoms with Gasteiger partial charge in [-0.2, -0.15) is 0 Å². The van der Waals surface area contributed by atoms with Crippen molar-refractivity contribution in [3.63, 3.8) is 0 Å². The molecule has 0 saturated carbocycles. The normalized spacial score (nSPS) is 14.3. The van der Waals surface area contributed by atoms with Crippen molar-refractivity contribution in [3.8, 4) is 0 Å². The van der Waals surface area contributed by atoms with E-state index in [9.17, 15) is 24.2 Å². The monoisotopic (exact) mass is 546 g/mol. The van der Waals surface area contributed by atoms with Crippen LogP contribution in [0.25, 0.3) is 0 Å². The quantitative estimate of drug-likeness (QED) is 0.162. The summed E-state index contributed by atoms with van der Waals surface area (Å²) >= 11 is 0. The van der Waals surface area contributed by atoms with Crippen molar-refractivity contribution in [1.82, 2.24) is 10.6 Å². The molecule has 0 spiro atoms. The third-order valence-corrected chi connectivity index (χ3v) is 9.04. The Morgan fingerprint density at radius 3 is 2.18 bits per heavy atom. The zero-order valence-electron chi connectivity index (χ0n) is 22.6. The molecule has 0 heterocycles. The molecule has 2 aromatic rings. The van der Waals surface area contributed by atoms with Crippen molar-refractivity contribution < 1.29 is 28.9 Å². The number of benzene rings is 2.